The van der Waals surface area contributed by atoms with Gasteiger partial charge in [0, 0.05) is 28.3 Å². The minimum Gasteiger partial charge on any atom is -0.392 e. The van der Waals surface area contributed by atoms with E-state index in [9.17, 15) is 13.5 Å². The van der Waals surface area contributed by atoms with Crippen molar-refractivity contribution < 1.29 is 13.5 Å². The predicted octanol–water partition coefficient (Wildman–Crippen LogP) is 1.02. The van der Waals surface area contributed by atoms with Gasteiger partial charge >= 0.3 is 0 Å². The fourth-order valence-corrected chi connectivity index (χ4v) is 5.13. The third kappa shape index (κ3) is 4.97. The highest BCUT2D eigenvalue weighted by Gasteiger charge is 2.29. The van der Waals surface area contributed by atoms with Crippen molar-refractivity contribution in [1.29, 1.82) is 0 Å². The van der Waals surface area contributed by atoms with Crippen LogP contribution in [0.15, 0.2) is 0 Å². The molecule has 0 aromatic rings. The molecular weight excluding hydrogens is 252 g/mol. The van der Waals surface area contributed by atoms with Gasteiger partial charge in [0.1, 0.15) is 9.84 Å². The van der Waals surface area contributed by atoms with Gasteiger partial charge in [0.25, 0.3) is 0 Å². The summed E-state index contributed by atoms with van der Waals surface area (Å²) in [5.74, 6) is 2.26. The lowest BCUT2D eigenvalue weighted by molar-refractivity contribution is 0.167. The van der Waals surface area contributed by atoms with E-state index in [4.69, 9.17) is 0 Å². The molecule has 1 heterocycles. The van der Waals surface area contributed by atoms with E-state index in [-0.39, 0.29) is 11.0 Å². The van der Waals surface area contributed by atoms with E-state index in [1.165, 1.54) is 6.26 Å². The number of thioether (sulfide) groups is 2. The lowest BCUT2D eigenvalue weighted by atomic mass is 10.1. The van der Waals surface area contributed by atoms with Gasteiger partial charge in [0.15, 0.2) is 0 Å². The third-order valence-electron chi connectivity index (χ3n) is 2.40. The molecule has 90 valence electrons. The molecule has 6 heteroatoms. The first-order valence-corrected chi connectivity index (χ1v) is 9.15. The fraction of sp³-hybridized carbons (Fsp3) is 1.00. The molecule has 0 spiro atoms. The molecule has 0 bridgehead atoms. The number of hydrogen-bond acceptors (Lipinski definition) is 5. The third-order valence-corrected chi connectivity index (χ3v) is 6.61. The Labute approximate surface area is 100 Å². The summed E-state index contributed by atoms with van der Waals surface area (Å²) in [7, 11) is -2.95. The van der Waals surface area contributed by atoms with Gasteiger partial charge in [-0.3, -0.25) is 0 Å². The van der Waals surface area contributed by atoms with Gasteiger partial charge in [-0.15, -0.1) is 0 Å². The normalized spacial score (nSPS) is 30.1. The van der Waals surface area contributed by atoms with Crippen molar-refractivity contribution in [2.24, 2.45) is 0 Å². The molecule has 1 aliphatic heterocycles. The second-order valence-corrected chi connectivity index (χ2v) is 8.93. The maximum Gasteiger partial charge on any atom is 0.147 e. The molecule has 1 aliphatic rings. The SMILES string of the molecule is CC1SCCSC1C(O)CCS(C)(=O)=O. The summed E-state index contributed by atoms with van der Waals surface area (Å²) in [6.07, 6.45) is 1.08. The Morgan fingerprint density at radius 2 is 2.00 bits per heavy atom. The molecular formula is C9H18O3S3. The number of aliphatic hydroxyl groups is 1. The molecule has 0 aromatic heterocycles. The zero-order chi connectivity index (χ0) is 11.5. The molecule has 1 fully saturated rings. The Hall–Kier alpha value is 0.610. The second kappa shape index (κ2) is 5.80. The Balaban J connectivity index is 2.41. The Bertz CT molecular complexity index is 289. The largest absolute Gasteiger partial charge is 0.392 e. The Morgan fingerprint density at radius 1 is 1.40 bits per heavy atom. The van der Waals surface area contributed by atoms with Gasteiger partial charge in [-0.1, -0.05) is 6.92 Å². The van der Waals surface area contributed by atoms with Crippen LogP contribution in [-0.4, -0.2) is 53.6 Å². The number of hydrogen-bond donors (Lipinski definition) is 1. The van der Waals surface area contributed by atoms with Crippen molar-refractivity contribution in [1.82, 2.24) is 0 Å². The Morgan fingerprint density at radius 3 is 2.53 bits per heavy atom. The summed E-state index contributed by atoms with van der Waals surface area (Å²) in [5, 5.41) is 10.5. The Kier molecular flexibility index (Phi) is 5.28. The van der Waals surface area contributed by atoms with Crippen LogP contribution in [0, 0.1) is 0 Å². The molecule has 1 rings (SSSR count). The zero-order valence-electron chi connectivity index (χ0n) is 9.05. The predicted molar refractivity (Wildman–Crippen MR) is 68.5 cm³/mol. The first kappa shape index (κ1) is 13.7. The van der Waals surface area contributed by atoms with Gasteiger partial charge < -0.3 is 5.11 Å². The smallest absolute Gasteiger partial charge is 0.147 e. The number of aliphatic hydroxyl groups excluding tert-OH is 1. The average Bonchev–Trinajstić information content (AvgIpc) is 2.14. The van der Waals surface area contributed by atoms with Crippen molar-refractivity contribution in [2.45, 2.75) is 29.9 Å². The van der Waals surface area contributed by atoms with Crippen molar-refractivity contribution in [2.75, 3.05) is 23.5 Å². The lowest BCUT2D eigenvalue weighted by Gasteiger charge is -2.31. The van der Waals surface area contributed by atoms with Crippen LogP contribution in [0.4, 0.5) is 0 Å². The quantitative estimate of drug-likeness (QED) is 0.826. The highest BCUT2D eigenvalue weighted by molar-refractivity contribution is 8.07. The summed E-state index contributed by atoms with van der Waals surface area (Å²) < 4.78 is 22.0. The van der Waals surface area contributed by atoms with Crippen LogP contribution in [0.1, 0.15) is 13.3 Å². The fourth-order valence-electron chi connectivity index (χ4n) is 1.57. The molecule has 0 radical (unpaired) electrons. The highest BCUT2D eigenvalue weighted by atomic mass is 32.2. The lowest BCUT2D eigenvalue weighted by Crippen LogP contribution is -2.35. The second-order valence-electron chi connectivity index (χ2n) is 3.90. The monoisotopic (exact) mass is 270 g/mol. The van der Waals surface area contributed by atoms with Crippen molar-refractivity contribution >= 4 is 33.4 Å². The maximum atomic E-state index is 11.0. The summed E-state index contributed by atoms with van der Waals surface area (Å²) in [6, 6.07) is 0. The minimum absolute atomic E-state index is 0.0859. The van der Waals surface area contributed by atoms with Gasteiger partial charge in [0.05, 0.1) is 11.9 Å². The van der Waals surface area contributed by atoms with E-state index >= 15 is 0 Å². The summed E-state index contributed by atoms with van der Waals surface area (Å²) in [4.78, 5) is 0. The molecule has 3 nitrogen and oxygen atoms in total. The molecule has 3 atom stereocenters. The molecule has 15 heavy (non-hydrogen) atoms. The molecule has 0 aliphatic carbocycles. The molecule has 0 saturated carbocycles. The van der Waals surface area contributed by atoms with E-state index in [0.717, 1.165) is 11.5 Å². The molecule has 0 aromatic carbocycles. The maximum absolute atomic E-state index is 11.0. The minimum atomic E-state index is -2.95. The van der Waals surface area contributed by atoms with E-state index in [2.05, 4.69) is 6.92 Å². The van der Waals surface area contributed by atoms with E-state index < -0.39 is 15.9 Å². The first-order chi connectivity index (χ1) is 6.90. The zero-order valence-corrected chi connectivity index (χ0v) is 11.5. The summed E-state index contributed by atoms with van der Waals surface area (Å²) in [6.45, 7) is 2.10. The van der Waals surface area contributed by atoms with Crippen LogP contribution < -0.4 is 0 Å². The van der Waals surface area contributed by atoms with E-state index in [0.29, 0.717) is 11.7 Å². The van der Waals surface area contributed by atoms with Crippen LogP contribution in [0.2, 0.25) is 0 Å². The van der Waals surface area contributed by atoms with E-state index in [1.54, 1.807) is 11.8 Å². The van der Waals surface area contributed by atoms with Gasteiger partial charge in [0.2, 0.25) is 0 Å². The summed E-state index contributed by atoms with van der Waals surface area (Å²) >= 11 is 3.62. The standard InChI is InChI=1S/C9H18O3S3/c1-7-9(14-5-4-13-7)8(10)3-6-15(2,11)12/h7-10H,3-6H2,1-2H3. The van der Waals surface area contributed by atoms with Crippen LogP contribution in [-0.2, 0) is 9.84 Å². The van der Waals surface area contributed by atoms with Gasteiger partial charge in [-0.05, 0) is 6.42 Å². The van der Waals surface area contributed by atoms with Crippen LogP contribution in [0.5, 0.6) is 0 Å². The van der Waals surface area contributed by atoms with Gasteiger partial charge in [-0.25, -0.2) is 8.42 Å². The average molecular weight is 270 g/mol. The summed E-state index contributed by atoms with van der Waals surface area (Å²) in [5.41, 5.74) is 0. The molecule has 3 unspecified atom stereocenters. The first-order valence-electron chi connectivity index (χ1n) is 4.99. The molecule has 1 saturated heterocycles. The van der Waals surface area contributed by atoms with Crippen molar-refractivity contribution in [3.63, 3.8) is 0 Å². The van der Waals surface area contributed by atoms with Crippen molar-refractivity contribution in [3.05, 3.63) is 0 Å². The van der Waals surface area contributed by atoms with Crippen LogP contribution in [0.25, 0.3) is 0 Å². The highest BCUT2D eigenvalue weighted by Crippen LogP contribution is 2.33. The van der Waals surface area contributed by atoms with Crippen LogP contribution >= 0.6 is 23.5 Å². The van der Waals surface area contributed by atoms with Gasteiger partial charge in [-0.2, -0.15) is 23.5 Å². The topological polar surface area (TPSA) is 54.4 Å². The van der Waals surface area contributed by atoms with Crippen molar-refractivity contribution in [3.8, 4) is 0 Å². The van der Waals surface area contributed by atoms with Crippen LogP contribution in [0.3, 0.4) is 0 Å². The molecule has 1 N–H and O–H groups in total. The molecule has 0 amide bonds. The van der Waals surface area contributed by atoms with E-state index in [1.807, 2.05) is 11.8 Å². The number of sulfone groups is 1. The number of rotatable bonds is 4.